The molecule has 0 bridgehead atoms. The largest absolute Gasteiger partial charge is 0.347 e. The van der Waals surface area contributed by atoms with Crippen molar-refractivity contribution in [2.75, 3.05) is 38.2 Å². The van der Waals surface area contributed by atoms with E-state index < -0.39 is 29.5 Å². The number of hydrogen-bond acceptors (Lipinski definition) is 11. The standard InChI is InChI=1S/C15H23N3O3S2.C13H18N4O3.C6H12.4C2H6/c1-18-9-15(22-5-2-6-23-15)7-11(18)13(20)16-8-12(19)14(21)17-10-3-4-10;1-13(2,3)10(8-18)17-11(19)7-16-12(20)9-6-14-4-5-15-9;1-2-4-6-5-3-1;4*1-2/h10-11H,2-9H2,1H3,(H,16,20)(H,17,21);4-6,8,10H,7H2,1-3H3,(H,16,20)(H,17,19);1-6H2;4*1-2H3. The van der Waals surface area contributed by atoms with E-state index in [1.54, 1.807) is 0 Å². The van der Waals surface area contributed by atoms with E-state index in [9.17, 15) is 28.8 Å². The summed E-state index contributed by atoms with van der Waals surface area (Å²) in [7, 11) is 1.95. The van der Waals surface area contributed by atoms with Crippen molar-refractivity contribution in [3.63, 3.8) is 0 Å². The number of carbonyl (C=O) groups excluding carboxylic acids is 6. The molecular formula is C42H77N7O6S2. The summed E-state index contributed by atoms with van der Waals surface area (Å²) in [6.45, 7) is 22.0. The number of ketones is 1. The van der Waals surface area contributed by atoms with Crippen LogP contribution in [-0.2, 0) is 24.0 Å². The molecule has 2 saturated carbocycles. The normalized spacial score (nSPS) is 18.1. The van der Waals surface area contributed by atoms with Gasteiger partial charge in [0.2, 0.25) is 17.6 Å². The Bertz CT molecular complexity index is 1260. The Labute approximate surface area is 353 Å². The lowest BCUT2D eigenvalue weighted by Crippen LogP contribution is -2.48. The van der Waals surface area contributed by atoms with Crippen molar-refractivity contribution in [3.05, 3.63) is 24.3 Å². The molecule has 1 spiro atoms. The van der Waals surface area contributed by atoms with Crippen molar-refractivity contribution in [1.29, 1.82) is 0 Å². The molecule has 2 aliphatic carbocycles. The van der Waals surface area contributed by atoms with E-state index in [0.717, 1.165) is 37.3 Å². The number of aldehydes is 1. The molecule has 1 aromatic heterocycles. The van der Waals surface area contributed by atoms with Crippen LogP contribution in [0.4, 0.5) is 0 Å². The molecule has 0 aromatic carbocycles. The predicted molar refractivity (Wildman–Crippen MR) is 237 cm³/mol. The highest BCUT2D eigenvalue weighted by atomic mass is 32.2. The summed E-state index contributed by atoms with van der Waals surface area (Å²) in [4.78, 5) is 79.6. The van der Waals surface area contributed by atoms with Crippen LogP contribution >= 0.6 is 23.5 Å². The zero-order chi connectivity index (χ0) is 43.9. The molecule has 4 N–H and O–H groups in total. The molecule has 4 amide bonds. The Balaban J connectivity index is 0. The first-order valence-electron chi connectivity index (χ1n) is 21.2. The monoisotopic (exact) mass is 840 g/mol. The van der Waals surface area contributed by atoms with Gasteiger partial charge >= 0.3 is 0 Å². The number of rotatable bonds is 10. The summed E-state index contributed by atoms with van der Waals surface area (Å²) in [5, 5.41) is 10.3. The van der Waals surface area contributed by atoms with Crippen molar-refractivity contribution < 1.29 is 28.8 Å². The van der Waals surface area contributed by atoms with Gasteiger partial charge in [-0.3, -0.25) is 33.9 Å². The maximum absolute atomic E-state index is 12.4. The minimum Gasteiger partial charge on any atom is -0.347 e. The van der Waals surface area contributed by atoms with Crippen LogP contribution in [0.25, 0.3) is 0 Å². The smallest absolute Gasteiger partial charge is 0.289 e. The predicted octanol–water partition coefficient (Wildman–Crippen LogP) is 6.60. The van der Waals surface area contributed by atoms with Gasteiger partial charge in [-0.1, -0.05) is 115 Å². The Morgan fingerprint density at radius 1 is 0.842 bits per heavy atom. The highest BCUT2D eigenvalue weighted by Crippen LogP contribution is 2.49. The van der Waals surface area contributed by atoms with Crippen molar-refractivity contribution in [3.8, 4) is 0 Å². The summed E-state index contributed by atoms with van der Waals surface area (Å²) in [5.41, 5.74) is -0.255. The zero-order valence-corrected chi connectivity index (χ0v) is 38.9. The van der Waals surface area contributed by atoms with Crippen LogP contribution in [0, 0.1) is 5.41 Å². The number of hydrogen-bond donors (Lipinski definition) is 4. The van der Waals surface area contributed by atoms with Gasteiger partial charge in [-0.25, -0.2) is 4.98 Å². The molecule has 57 heavy (non-hydrogen) atoms. The molecule has 2 unspecified atom stereocenters. The minimum absolute atomic E-state index is 0.113. The van der Waals surface area contributed by atoms with Crippen LogP contribution in [0.3, 0.4) is 0 Å². The van der Waals surface area contributed by atoms with E-state index in [-0.39, 0.29) is 46.3 Å². The fourth-order valence-electron chi connectivity index (χ4n) is 5.39. The van der Waals surface area contributed by atoms with Crippen LogP contribution in [-0.4, -0.2) is 111 Å². The Morgan fingerprint density at radius 2 is 1.39 bits per heavy atom. The lowest BCUT2D eigenvalue weighted by molar-refractivity contribution is -0.138. The number of carbonyl (C=O) groups is 6. The number of likely N-dealkylation sites (tertiary alicyclic amines) is 1. The quantitative estimate of drug-likeness (QED) is 0.147. The summed E-state index contributed by atoms with van der Waals surface area (Å²) >= 11 is 3.90. The lowest BCUT2D eigenvalue weighted by atomic mass is 9.88. The maximum atomic E-state index is 12.4. The van der Waals surface area contributed by atoms with Gasteiger partial charge in [-0.05, 0) is 49.7 Å². The average molecular weight is 840 g/mol. The molecule has 4 aliphatic rings. The van der Waals surface area contributed by atoms with E-state index in [1.807, 2.05) is 107 Å². The van der Waals surface area contributed by atoms with Crippen LogP contribution < -0.4 is 21.3 Å². The molecule has 15 heteroatoms. The Hall–Kier alpha value is -3.04. The molecule has 13 nitrogen and oxygen atoms in total. The molecule has 5 rings (SSSR count). The van der Waals surface area contributed by atoms with Gasteiger partial charge in [0, 0.05) is 25.0 Å². The third kappa shape index (κ3) is 23.8. The molecule has 3 heterocycles. The summed E-state index contributed by atoms with van der Waals surface area (Å²) in [5.74, 6) is 0.0680. The SMILES string of the molecule is C1CCCCC1.CC.CC.CC.CC.CC(C)(C)C(C=O)NC(=O)CNC(=O)c1cnccn1.CN1CC2(CC1C(=O)NCC(=O)C(=O)NC1CC1)SCCCS2. The number of thioether (sulfide) groups is 2. The highest BCUT2D eigenvalue weighted by Gasteiger charge is 2.47. The zero-order valence-electron chi connectivity index (χ0n) is 37.3. The molecular weight excluding hydrogens is 763 g/mol. The van der Waals surface area contributed by atoms with Gasteiger partial charge in [0.25, 0.3) is 11.8 Å². The number of likely N-dealkylation sites (N-methyl/N-ethyl adjacent to an activating group) is 1. The third-order valence-corrected chi connectivity index (χ3v) is 11.9. The van der Waals surface area contributed by atoms with Crippen molar-refractivity contribution in [2.45, 2.75) is 163 Å². The van der Waals surface area contributed by atoms with Gasteiger partial charge in [-0.2, -0.15) is 0 Å². The van der Waals surface area contributed by atoms with Crippen molar-refractivity contribution in [1.82, 2.24) is 36.1 Å². The fourth-order valence-corrected chi connectivity index (χ4v) is 8.87. The number of Topliss-reactive ketones (excluding diaryl/α,β-unsaturated/α-hetero) is 1. The number of amides is 4. The van der Waals surface area contributed by atoms with Gasteiger partial charge in [0.1, 0.15) is 12.0 Å². The highest BCUT2D eigenvalue weighted by molar-refractivity contribution is 8.18. The Morgan fingerprint density at radius 3 is 1.84 bits per heavy atom. The van der Waals surface area contributed by atoms with Crippen LogP contribution in [0.1, 0.15) is 151 Å². The van der Waals surface area contributed by atoms with E-state index in [0.29, 0.717) is 6.29 Å². The van der Waals surface area contributed by atoms with E-state index in [1.165, 1.54) is 63.5 Å². The third-order valence-electron chi connectivity index (χ3n) is 8.53. The first-order valence-corrected chi connectivity index (χ1v) is 23.2. The van der Waals surface area contributed by atoms with E-state index >= 15 is 0 Å². The van der Waals surface area contributed by atoms with Crippen molar-refractivity contribution in [2.24, 2.45) is 5.41 Å². The first-order chi connectivity index (χ1) is 27.3. The second kappa shape index (κ2) is 32.9. The summed E-state index contributed by atoms with van der Waals surface area (Å²) < 4.78 is 0.113. The molecule has 328 valence electrons. The van der Waals surface area contributed by atoms with E-state index in [2.05, 4.69) is 36.1 Å². The second-order valence-corrected chi connectivity index (χ2v) is 17.1. The van der Waals surface area contributed by atoms with Crippen molar-refractivity contribution >= 4 is 59.2 Å². The Kier molecular flexibility index (Phi) is 32.3. The van der Waals surface area contributed by atoms with Gasteiger partial charge in [-0.15, -0.1) is 23.5 Å². The number of aromatic nitrogens is 2. The number of nitrogens with zero attached hydrogens (tertiary/aromatic N) is 3. The topological polar surface area (TPSA) is 180 Å². The van der Waals surface area contributed by atoms with Gasteiger partial charge in [0.15, 0.2) is 0 Å². The molecule has 2 saturated heterocycles. The summed E-state index contributed by atoms with van der Waals surface area (Å²) in [6.07, 6.45) is 17.7. The van der Waals surface area contributed by atoms with Gasteiger partial charge < -0.3 is 26.1 Å². The average Bonchev–Trinajstić information content (AvgIpc) is 4.02. The first kappa shape index (κ1) is 56.1. The molecule has 0 radical (unpaired) electrons. The molecule has 2 aliphatic heterocycles. The minimum atomic E-state index is -0.608. The van der Waals surface area contributed by atoms with E-state index in [4.69, 9.17) is 0 Å². The number of nitrogens with one attached hydrogen (secondary N) is 4. The molecule has 4 fully saturated rings. The lowest BCUT2D eigenvalue weighted by Gasteiger charge is -2.31. The maximum Gasteiger partial charge on any atom is 0.289 e. The molecule has 2 atom stereocenters. The van der Waals surface area contributed by atoms with Crippen LogP contribution in [0.2, 0.25) is 0 Å². The van der Waals surface area contributed by atoms with Crippen LogP contribution in [0.15, 0.2) is 18.6 Å². The fraction of sp³-hybridized carbons (Fsp3) is 0.762. The molecule has 1 aromatic rings. The van der Waals surface area contributed by atoms with Crippen LogP contribution in [0.5, 0.6) is 0 Å². The summed E-state index contributed by atoms with van der Waals surface area (Å²) in [6, 6.07) is -0.667. The van der Waals surface area contributed by atoms with Gasteiger partial charge in [0.05, 0.1) is 35.4 Å². The second-order valence-electron chi connectivity index (χ2n) is 13.9.